The van der Waals surface area contributed by atoms with Crippen molar-refractivity contribution in [3.05, 3.63) is 57.4 Å². The Kier molecular flexibility index (Phi) is 4.12. The minimum atomic E-state index is -0.967. The van der Waals surface area contributed by atoms with Crippen molar-refractivity contribution >= 4 is 34.9 Å². The van der Waals surface area contributed by atoms with Crippen molar-refractivity contribution in [2.75, 3.05) is 4.90 Å². The van der Waals surface area contributed by atoms with Crippen LogP contribution in [-0.4, -0.2) is 22.9 Å². The topological polar surface area (TPSA) is 72.7 Å². The van der Waals surface area contributed by atoms with Gasteiger partial charge in [0.05, 0.1) is 16.7 Å². The van der Waals surface area contributed by atoms with E-state index in [0.29, 0.717) is 11.4 Å². The van der Waals surface area contributed by atoms with Gasteiger partial charge in [0.2, 0.25) is 0 Å². The first-order valence-corrected chi connectivity index (χ1v) is 7.79. The van der Waals surface area contributed by atoms with Gasteiger partial charge >= 0.3 is 0 Å². The highest BCUT2D eigenvalue weighted by atomic mass is 35.5. The molecule has 0 N–H and O–H groups in total. The summed E-state index contributed by atoms with van der Waals surface area (Å²) >= 11 is 6.02. The van der Waals surface area contributed by atoms with E-state index >= 15 is 0 Å². The van der Waals surface area contributed by atoms with Crippen LogP contribution in [0.4, 0.5) is 21.5 Å². The van der Waals surface area contributed by atoms with Gasteiger partial charge in [0.15, 0.2) is 5.75 Å². The van der Waals surface area contributed by atoms with Gasteiger partial charge in [-0.05, 0) is 44.2 Å². The molecule has 8 heteroatoms. The lowest BCUT2D eigenvalue weighted by atomic mass is 9.94. The molecule has 0 saturated carbocycles. The summed E-state index contributed by atoms with van der Waals surface area (Å²) in [5, 5.41) is 11.1. The number of nitro benzene ring substituents is 1. The lowest BCUT2D eigenvalue weighted by molar-refractivity contribution is -0.384. The summed E-state index contributed by atoms with van der Waals surface area (Å²) in [4.78, 5) is 23.9. The molecule has 1 aliphatic heterocycles. The van der Waals surface area contributed by atoms with Gasteiger partial charge < -0.3 is 14.4 Å². The number of rotatable bonds is 3. The van der Waals surface area contributed by atoms with Gasteiger partial charge in [-0.15, -0.1) is 0 Å². The van der Waals surface area contributed by atoms with Crippen molar-refractivity contribution in [2.45, 2.75) is 25.5 Å². The van der Waals surface area contributed by atoms with Crippen LogP contribution < -0.4 is 9.64 Å². The molecule has 0 radical (unpaired) electrons. The van der Waals surface area contributed by atoms with Gasteiger partial charge in [0, 0.05) is 5.69 Å². The number of ether oxygens (including phenoxy) is 1. The van der Waals surface area contributed by atoms with E-state index in [0.717, 1.165) is 6.29 Å². The Morgan fingerprint density at radius 1 is 1.32 bits per heavy atom. The van der Waals surface area contributed by atoms with Gasteiger partial charge in [0.1, 0.15) is 28.8 Å². The first-order chi connectivity index (χ1) is 11.7. The van der Waals surface area contributed by atoms with E-state index in [9.17, 15) is 19.3 Å². The zero-order chi connectivity index (χ0) is 18.4. The van der Waals surface area contributed by atoms with E-state index in [1.165, 1.54) is 36.4 Å². The Morgan fingerprint density at radius 3 is 2.52 bits per heavy atom. The van der Waals surface area contributed by atoms with Crippen LogP contribution in [0, 0.1) is 15.9 Å². The number of hydrogen-bond donors (Lipinski definition) is 0. The third-order valence-corrected chi connectivity index (χ3v) is 4.38. The number of halogens is 2. The maximum atomic E-state index is 13.3. The summed E-state index contributed by atoms with van der Waals surface area (Å²) in [6.45, 7) is 3.40. The van der Waals surface area contributed by atoms with Gasteiger partial charge in [0.25, 0.3) is 5.69 Å². The van der Waals surface area contributed by atoms with Crippen LogP contribution >= 0.6 is 11.6 Å². The van der Waals surface area contributed by atoms with E-state index in [1.54, 1.807) is 18.7 Å². The van der Waals surface area contributed by atoms with Crippen molar-refractivity contribution < 1.29 is 18.8 Å². The molecule has 1 heterocycles. The number of nitro groups is 1. The molecule has 25 heavy (non-hydrogen) atoms. The molecule has 0 aromatic heterocycles. The molecule has 0 aliphatic carbocycles. The predicted molar refractivity (Wildman–Crippen MR) is 91.2 cm³/mol. The first-order valence-electron chi connectivity index (χ1n) is 7.41. The number of fused-ring (bicyclic) bond motifs is 1. The number of carbonyl (C=O) groups is 1. The summed E-state index contributed by atoms with van der Waals surface area (Å²) in [7, 11) is 0. The van der Waals surface area contributed by atoms with Crippen LogP contribution in [0.2, 0.25) is 5.02 Å². The molecule has 0 spiro atoms. The van der Waals surface area contributed by atoms with Crippen molar-refractivity contribution in [3.63, 3.8) is 0 Å². The number of hydrogen-bond acceptors (Lipinski definition) is 5. The molecule has 1 atom stereocenters. The monoisotopic (exact) mass is 364 g/mol. The third kappa shape index (κ3) is 2.91. The predicted octanol–water partition coefficient (Wildman–Crippen LogP) is 4.26. The molecular formula is C17H14ClFN2O4. The summed E-state index contributed by atoms with van der Waals surface area (Å²) in [5.74, 6) is -0.190. The molecule has 1 aliphatic rings. The van der Waals surface area contributed by atoms with Crippen LogP contribution in [0.5, 0.6) is 5.75 Å². The molecule has 0 amide bonds. The summed E-state index contributed by atoms with van der Waals surface area (Å²) < 4.78 is 19.1. The molecule has 130 valence electrons. The lowest BCUT2D eigenvalue weighted by Crippen LogP contribution is -2.55. The third-order valence-electron chi connectivity index (χ3n) is 4.08. The highest BCUT2D eigenvalue weighted by Gasteiger charge is 2.43. The van der Waals surface area contributed by atoms with Gasteiger partial charge in [-0.1, -0.05) is 11.6 Å². The second-order valence-corrected chi connectivity index (χ2v) is 6.57. The highest BCUT2D eigenvalue weighted by molar-refractivity contribution is 6.33. The summed E-state index contributed by atoms with van der Waals surface area (Å²) in [6.07, 6.45) is 0.724. The maximum absolute atomic E-state index is 13.3. The molecule has 2 aromatic carbocycles. The second-order valence-electron chi connectivity index (χ2n) is 6.16. The largest absolute Gasteiger partial charge is 0.483 e. The zero-order valence-corrected chi connectivity index (χ0v) is 14.2. The fourth-order valence-electron chi connectivity index (χ4n) is 2.87. The second kappa shape index (κ2) is 6.00. The number of benzene rings is 2. The van der Waals surface area contributed by atoms with Gasteiger partial charge in [-0.2, -0.15) is 0 Å². The summed E-state index contributed by atoms with van der Waals surface area (Å²) in [6, 6.07) is 7.46. The van der Waals surface area contributed by atoms with E-state index in [4.69, 9.17) is 16.3 Å². The lowest BCUT2D eigenvalue weighted by Gasteiger charge is -2.45. The Morgan fingerprint density at radius 2 is 1.96 bits per heavy atom. The van der Waals surface area contributed by atoms with Gasteiger partial charge in [-0.25, -0.2) is 4.39 Å². The Bertz CT molecular complexity index is 854. The normalized spacial score (nSPS) is 18.2. The molecule has 2 aromatic rings. The molecule has 3 rings (SSSR count). The number of nitrogens with zero attached hydrogens (tertiary/aromatic N) is 2. The number of carbonyl (C=O) groups excluding carboxylic acids is 1. The fraction of sp³-hybridized carbons (Fsp3) is 0.235. The van der Waals surface area contributed by atoms with Crippen molar-refractivity contribution in [1.29, 1.82) is 0 Å². The molecule has 6 nitrogen and oxygen atoms in total. The Hall–Kier alpha value is -2.67. The molecule has 1 unspecified atom stereocenters. The van der Waals surface area contributed by atoms with E-state index in [1.807, 2.05) is 0 Å². The minimum absolute atomic E-state index is 0.0798. The molecule has 0 fully saturated rings. The minimum Gasteiger partial charge on any atom is -0.483 e. The number of aldehydes is 1. The molecule has 0 bridgehead atoms. The van der Waals surface area contributed by atoms with Crippen LogP contribution in [0.1, 0.15) is 13.8 Å². The van der Waals surface area contributed by atoms with E-state index < -0.39 is 22.4 Å². The van der Waals surface area contributed by atoms with Gasteiger partial charge in [-0.3, -0.25) is 10.1 Å². The molecular weight excluding hydrogens is 351 g/mol. The van der Waals surface area contributed by atoms with Crippen molar-refractivity contribution in [1.82, 2.24) is 0 Å². The Labute approximate surface area is 147 Å². The smallest absolute Gasteiger partial charge is 0.291 e. The fourth-order valence-corrected chi connectivity index (χ4v) is 3.10. The standard InChI is InChI=1S/C17H14ClFN2O4/c1-17(2)16(9-22)20(11-5-3-10(19)4-6-11)14-7-12(18)13(21(23)24)8-15(14)25-17/h3-9,16H,1-2H3. The van der Waals surface area contributed by atoms with Crippen LogP contribution in [0.25, 0.3) is 0 Å². The van der Waals surface area contributed by atoms with Crippen molar-refractivity contribution in [2.24, 2.45) is 0 Å². The summed E-state index contributed by atoms with van der Waals surface area (Å²) in [5.41, 5.74) is -0.315. The first kappa shape index (κ1) is 17.2. The molecule has 0 saturated heterocycles. The van der Waals surface area contributed by atoms with Crippen LogP contribution in [0.3, 0.4) is 0 Å². The van der Waals surface area contributed by atoms with E-state index in [-0.39, 0.29) is 16.5 Å². The number of anilines is 2. The van der Waals surface area contributed by atoms with Crippen LogP contribution in [0.15, 0.2) is 36.4 Å². The van der Waals surface area contributed by atoms with Crippen molar-refractivity contribution in [3.8, 4) is 5.75 Å². The Balaban J connectivity index is 2.25. The highest BCUT2D eigenvalue weighted by Crippen LogP contribution is 2.47. The average molecular weight is 365 g/mol. The van der Waals surface area contributed by atoms with E-state index in [2.05, 4.69) is 0 Å². The van der Waals surface area contributed by atoms with Crippen LogP contribution in [-0.2, 0) is 4.79 Å². The SMILES string of the molecule is CC1(C)Oc2cc([N+](=O)[O-])c(Cl)cc2N(c2ccc(F)cc2)C1C=O. The maximum Gasteiger partial charge on any atom is 0.291 e. The zero-order valence-electron chi connectivity index (χ0n) is 13.4. The quantitative estimate of drug-likeness (QED) is 0.462. The average Bonchev–Trinajstić information content (AvgIpc) is 2.54.